The highest BCUT2D eigenvalue weighted by Gasteiger charge is 2.13. The zero-order chi connectivity index (χ0) is 9.68. The molecule has 1 aliphatic heterocycles. The van der Waals surface area contributed by atoms with Gasteiger partial charge < -0.3 is 14.7 Å². The minimum Gasteiger partial charge on any atom is -0.480 e. The molecule has 1 aliphatic rings. The molecule has 0 spiro atoms. The van der Waals surface area contributed by atoms with Gasteiger partial charge in [0.1, 0.15) is 6.61 Å². The van der Waals surface area contributed by atoms with Crippen LogP contribution in [0.5, 0.6) is 0 Å². The van der Waals surface area contributed by atoms with Crippen LogP contribution in [-0.2, 0) is 9.53 Å². The SMILES string of the molecule is CC(COCC(=O)O)N1C=NCC1. The Kier molecular flexibility index (Phi) is 3.70. The van der Waals surface area contributed by atoms with Crippen molar-refractivity contribution in [1.29, 1.82) is 0 Å². The Balaban J connectivity index is 2.13. The lowest BCUT2D eigenvalue weighted by molar-refractivity contribution is -0.142. The van der Waals surface area contributed by atoms with Crippen LogP contribution in [0, 0.1) is 0 Å². The maximum absolute atomic E-state index is 10.1. The summed E-state index contributed by atoms with van der Waals surface area (Å²) in [5.41, 5.74) is 0. The number of ether oxygens (including phenoxy) is 1. The molecule has 13 heavy (non-hydrogen) atoms. The number of nitrogens with zero attached hydrogens (tertiary/aromatic N) is 2. The van der Waals surface area contributed by atoms with Crippen molar-refractivity contribution in [2.45, 2.75) is 13.0 Å². The summed E-state index contributed by atoms with van der Waals surface area (Å²) in [5, 5.41) is 8.33. The standard InChI is InChI=1S/C8H14N2O3/c1-7(4-13-5-8(11)12)10-3-2-9-6-10/h6-7H,2-5H2,1H3,(H,11,12). The summed E-state index contributed by atoms with van der Waals surface area (Å²) >= 11 is 0. The Morgan fingerprint density at radius 3 is 3.15 bits per heavy atom. The molecule has 1 heterocycles. The predicted molar refractivity (Wildman–Crippen MR) is 48.0 cm³/mol. The molecule has 5 heteroatoms. The Bertz CT molecular complexity index is 206. The lowest BCUT2D eigenvalue weighted by Crippen LogP contribution is -2.34. The van der Waals surface area contributed by atoms with Crippen LogP contribution in [0.4, 0.5) is 0 Å². The van der Waals surface area contributed by atoms with E-state index in [1.807, 2.05) is 11.8 Å². The van der Waals surface area contributed by atoms with Gasteiger partial charge in [-0.2, -0.15) is 0 Å². The number of carbonyl (C=O) groups is 1. The van der Waals surface area contributed by atoms with E-state index in [0.29, 0.717) is 6.61 Å². The summed E-state index contributed by atoms with van der Waals surface area (Å²) in [7, 11) is 0. The number of aliphatic imine (C=N–C) groups is 1. The van der Waals surface area contributed by atoms with Gasteiger partial charge in [0.25, 0.3) is 0 Å². The van der Waals surface area contributed by atoms with Gasteiger partial charge in [-0.15, -0.1) is 0 Å². The zero-order valence-electron chi connectivity index (χ0n) is 7.64. The fourth-order valence-corrected chi connectivity index (χ4v) is 1.14. The first-order valence-electron chi connectivity index (χ1n) is 4.25. The van der Waals surface area contributed by atoms with Crippen molar-refractivity contribution in [3.8, 4) is 0 Å². The predicted octanol–water partition coefficient (Wildman–Crippen LogP) is -0.180. The second kappa shape index (κ2) is 4.81. The van der Waals surface area contributed by atoms with Crippen molar-refractivity contribution >= 4 is 12.3 Å². The molecule has 74 valence electrons. The van der Waals surface area contributed by atoms with Crippen LogP contribution >= 0.6 is 0 Å². The molecule has 0 aliphatic carbocycles. The molecule has 1 unspecified atom stereocenters. The van der Waals surface area contributed by atoms with Crippen molar-refractivity contribution in [2.24, 2.45) is 4.99 Å². The Labute approximate surface area is 77.0 Å². The molecule has 0 amide bonds. The molecule has 1 rings (SSSR count). The summed E-state index contributed by atoms with van der Waals surface area (Å²) in [4.78, 5) is 16.2. The van der Waals surface area contributed by atoms with E-state index in [-0.39, 0.29) is 12.6 Å². The van der Waals surface area contributed by atoms with Crippen LogP contribution in [0.2, 0.25) is 0 Å². The number of hydrogen-bond donors (Lipinski definition) is 1. The smallest absolute Gasteiger partial charge is 0.329 e. The minimum absolute atomic E-state index is 0.200. The summed E-state index contributed by atoms with van der Waals surface area (Å²) in [6.45, 7) is 3.91. The van der Waals surface area contributed by atoms with E-state index in [0.717, 1.165) is 13.1 Å². The topological polar surface area (TPSA) is 62.1 Å². The fraction of sp³-hybridized carbons (Fsp3) is 0.750. The minimum atomic E-state index is -0.928. The van der Waals surface area contributed by atoms with E-state index >= 15 is 0 Å². The highest BCUT2D eigenvalue weighted by Crippen LogP contribution is 2.01. The average molecular weight is 186 g/mol. The highest BCUT2D eigenvalue weighted by molar-refractivity contribution is 5.68. The lowest BCUT2D eigenvalue weighted by atomic mass is 10.3. The summed E-state index contributed by atoms with van der Waals surface area (Å²) in [5.74, 6) is -0.928. The van der Waals surface area contributed by atoms with Crippen molar-refractivity contribution in [3.63, 3.8) is 0 Å². The van der Waals surface area contributed by atoms with Gasteiger partial charge in [-0.05, 0) is 6.92 Å². The lowest BCUT2D eigenvalue weighted by Gasteiger charge is -2.22. The third-order valence-electron chi connectivity index (χ3n) is 1.87. The molecule has 5 nitrogen and oxygen atoms in total. The monoisotopic (exact) mass is 186 g/mol. The van der Waals surface area contributed by atoms with Crippen LogP contribution < -0.4 is 0 Å². The molecule has 0 saturated heterocycles. The van der Waals surface area contributed by atoms with Crippen LogP contribution in [0.15, 0.2) is 4.99 Å². The normalized spacial score (nSPS) is 17.8. The van der Waals surface area contributed by atoms with Gasteiger partial charge in [0.2, 0.25) is 0 Å². The maximum atomic E-state index is 10.1. The molecule has 0 saturated carbocycles. The first kappa shape index (κ1) is 9.98. The van der Waals surface area contributed by atoms with Crippen LogP contribution in [0.3, 0.4) is 0 Å². The van der Waals surface area contributed by atoms with Crippen molar-refractivity contribution in [1.82, 2.24) is 4.90 Å². The molecule has 1 atom stereocenters. The fourth-order valence-electron chi connectivity index (χ4n) is 1.14. The number of carboxylic acids is 1. The van der Waals surface area contributed by atoms with E-state index < -0.39 is 5.97 Å². The number of carboxylic acid groups (broad SMARTS) is 1. The van der Waals surface area contributed by atoms with Crippen molar-refractivity contribution < 1.29 is 14.6 Å². The molecule has 0 fully saturated rings. The second-order valence-electron chi connectivity index (χ2n) is 3.02. The molecule has 1 N–H and O–H groups in total. The number of rotatable bonds is 5. The average Bonchev–Trinajstić information content (AvgIpc) is 2.55. The van der Waals surface area contributed by atoms with Gasteiger partial charge >= 0.3 is 5.97 Å². The molecule has 0 aromatic heterocycles. The molecule has 0 radical (unpaired) electrons. The Hall–Kier alpha value is -1.10. The van der Waals surface area contributed by atoms with Gasteiger partial charge in [-0.3, -0.25) is 4.99 Å². The van der Waals surface area contributed by atoms with E-state index in [1.165, 1.54) is 0 Å². The Morgan fingerprint density at radius 1 is 1.85 bits per heavy atom. The number of hydrogen-bond acceptors (Lipinski definition) is 4. The first-order chi connectivity index (χ1) is 6.20. The summed E-state index contributed by atoms with van der Waals surface area (Å²) in [6, 6.07) is 0.200. The van der Waals surface area contributed by atoms with E-state index in [4.69, 9.17) is 9.84 Å². The number of aliphatic carboxylic acids is 1. The van der Waals surface area contributed by atoms with Crippen LogP contribution in [-0.4, -0.2) is 54.7 Å². The first-order valence-corrected chi connectivity index (χ1v) is 4.25. The van der Waals surface area contributed by atoms with Crippen LogP contribution in [0.1, 0.15) is 6.92 Å². The largest absolute Gasteiger partial charge is 0.480 e. The molecule has 0 aromatic carbocycles. The van der Waals surface area contributed by atoms with Crippen molar-refractivity contribution in [2.75, 3.05) is 26.3 Å². The summed E-state index contributed by atoms with van der Waals surface area (Å²) < 4.78 is 4.97. The molecule has 0 bridgehead atoms. The molecular formula is C8H14N2O3. The van der Waals surface area contributed by atoms with Gasteiger partial charge in [0.05, 0.1) is 25.5 Å². The van der Waals surface area contributed by atoms with E-state index in [1.54, 1.807) is 6.34 Å². The third kappa shape index (κ3) is 3.42. The van der Waals surface area contributed by atoms with Gasteiger partial charge in [-0.1, -0.05) is 0 Å². The molecule has 0 aromatic rings. The Morgan fingerprint density at radius 2 is 2.62 bits per heavy atom. The van der Waals surface area contributed by atoms with Crippen molar-refractivity contribution in [3.05, 3.63) is 0 Å². The van der Waals surface area contributed by atoms with E-state index in [9.17, 15) is 4.79 Å². The van der Waals surface area contributed by atoms with Gasteiger partial charge in [0.15, 0.2) is 0 Å². The van der Waals surface area contributed by atoms with Gasteiger partial charge in [-0.25, -0.2) is 4.79 Å². The highest BCUT2D eigenvalue weighted by atomic mass is 16.5. The summed E-state index contributed by atoms with van der Waals surface area (Å²) in [6.07, 6.45) is 1.79. The van der Waals surface area contributed by atoms with Crippen LogP contribution in [0.25, 0.3) is 0 Å². The maximum Gasteiger partial charge on any atom is 0.329 e. The quantitative estimate of drug-likeness (QED) is 0.647. The van der Waals surface area contributed by atoms with Gasteiger partial charge in [0, 0.05) is 6.54 Å². The van der Waals surface area contributed by atoms with E-state index in [2.05, 4.69) is 4.99 Å². The zero-order valence-corrected chi connectivity index (χ0v) is 7.64. The third-order valence-corrected chi connectivity index (χ3v) is 1.87. The second-order valence-corrected chi connectivity index (χ2v) is 3.02. The molecular weight excluding hydrogens is 172 g/mol.